The van der Waals surface area contributed by atoms with Crippen LogP contribution >= 0.6 is 0 Å². The molecule has 1 aliphatic carbocycles. The van der Waals surface area contributed by atoms with E-state index in [9.17, 15) is 0 Å². The molecule has 1 aromatic heterocycles. The van der Waals surface area contributed by atoms with Gasteiger partial charge in [-0.15, -0.1) is 0 Å². The zero-order valence-corrected chi connectivity index (χ0v) is 11.5. The molecule has 0 aromatic carbocycles. The van der Waals surface area contributed by atoms with Crippen LogP contribution in [0.4, 0.5) is 5.69 Å². The van der Waals surface area contributed by atoms with E-state index >= 15 is 0 Å². The Kier molecular flexibility index (Phi) is 3.70. The van der Waals surface area contributed by atoms with E-state index in [1.807, 2.05) is 6.92 Å². The number of hydrogen-bond donors (Lipinski definition) is 1. The molecule has 17 heavy (non-hydrogen) atoms. The standard InChI is InChI=1S/C15H24N2/c1-10-5-6-11(2)15(9-10)17-14-8-7-12(3)16-13(14)4/h7-8,10-11,15,17H,5-6,9H2,1-4H3. The summed E-state index contributed by atoms with van der Waals surface area (Å²) >= 11 is 0. The van der Waals surface area contributed by atoms with E-state index in [4.69, 9.17) is 0 Å². The third-order valence-electron chi connectivity index (χ3n) is 4.02. The predicted molar refractivity (Wildman–Crippen MR) is 73.3 cm³/mol. The summed E-state index contributed by atoms with van der Waals surface area (Å²) in [5.41, 5.74) is 3.43. The molecule has 1 saturated carbocycles. The van der Waals surface area contributed by atoms with Crippen molar-refractivity contribution in [3.63, 3.8) is 0 Å². The lowest BCUT2D eigenvalue weighted by atomic mass is 9.80. The molecule has 1 fully saturated rings. The highest BCUT2D eigenvalue weighted by Gasteiger charge is 2.25. The first-order valence-electron chi connectivity index (χ1n) is 6.77. The van der Waals surface area contributed by atoms with E-state index in [1.165, 1.54) is 24.9 Å². The lowest BCUT2D eigenvalue weighted by molar-refractivity contribution is 0.280. The molecule has 0 aliphatic heterocycles. The van der Waals surface area contributed by atoms with Crippen LogP contribution in [0.15, 0.2) is 12.1 Å². The number of rotatable bonds is 2. The van der Waals surface area contributed by atoms with E-state index in [0.717, 1.165) is 23.2 Å². The highest BCUT2D eigenvalue weighted by Crippen LogP contribution is 2.31. The second-order valence-electron chi connectivity index (χ2n) is 5.73. The molecule has 0 spiro atoms. The maximum Gasteiger partial charge on any atom is 0.0606 e. The van der Waals surface area contributed by atoms with Gasteiger partial charge in [-0.3, -0.25) is 4.98 Å². The molecule has 2 rings (SSSR count). The summed E-state index contributed by atoms with van der Waals surface area (Å²) < 4.78 is 0. The Morgan fingerprint density at radius 3 is 2.65 bits per heavy atom. The smallest absolute Gasteiger partial charge is 0.0606 e. The summed E-state index contributed by atoms with van der Waals surface area (Å²) in [4.78, 5) is 4.52. The van der Waals surface area contributed by atoms with Crippen molar-refractivity contribution in [2.75, 3.05) is 5.32 Å². The largest absolute Gasteiger partial charge is 0.381 e. The quantitative estimate of drug-likeness (QED) is 0.835. The Balaban J connectivity index is 2.08. The Morgan fingerprint density at radius 2 is 1.94 bits per heavy atom. The molecule has 3 atom stereocenters. The van der Waals surface area contributed by atoms with Crippen molar-refractivity contribution in [2.24, 2.45) is 11.8 Å². The van der Waals surface area contributed by atoms with Crippen LogP contribution in [0.1, 0.15) is 44.5 Å². The molecule has 1 aliphatic rings. The number of aromatic nitrogens is 1. The topological polar surface area (TPSA) is 24.9 Å². The van der Waals surface area contributed by atoms with Gasteiger partial charge in [0, 0.05) is 11.7 Å². The summed E-state index contributed by atoms with van der Waals surface area (Å²) in [5.74, 6) is 1.62. The van der Waals surface area contributed by atoms with Crippen molar-refractivity contribution in [3.8, 4) is 0 Å². The van der Waals surface area contributed by atoms with Gasteiger partial charge in [0.15, 0.2) is 0 Å². The minimum atomic E-state index is 0.613. The predicted octanol–water partition coefficient (Wildman–Crippen LogP) is 3.94. The van der Waals surface area contributed by atoms with Crippen LogP contribution in [0.25, 0.3) is 0 Å². The maximum absolute atomic E-state index is 4.52. The molecule has 0 amide bonds. The first-order chi connectivity index (χ1) is 8.06. The summed E-state index contributed by atoms with van der Waals surface area (Å²) in [6, 6.07) is 4.87. The molecule has 1 heterocycles. The van der Waals surface area contributed by atoms with Crippen molar-refractivity contribution in [3.05, 3.63) is 23.5 Å². The van der Waals surface area contributed by atoms with E-state index in [-0.39, 0.29) is 0 Å². The minimum Gasteiger partial charge on any atom is -0.381 e. The highest BCUT2D eigenvalue weighted by atomic mass is 14.9. The van der Waals surface area contributed by atoms with Crippen LogP contribution in [-0.4, -0.2) is 11.0 Å². The Hall–Kier alpha value is -1.05. The van der Waals surface area contributed by atoms with E-state index < -0.39 is 0 Å². The SMILES string of the molecule is Cc1ccc(NC2CC(C)CCC2C)c(C)n1. The maximum atomic E-state index is 4.52. The average Bonchev–Trinajstić information content (AvgIpc) is 2.27. The average molecular weight is 232 g/mol. The number of hydrogen-bond acceptors (Lipinski definition) is 2. The van der Waals surface area contributed by atoms with Crippen molar-refractivity contribution in [2.45, 2.75) is 53.0 Å². The van der Waals surface area contributed by atoms with Crippen LogP contribution in [0.5, 0.6) is 0 Å². The number of aryl methyl sites for hydroxylation is 2. The van der Waals surface area contributed by atoms with Gasteiger partial charge in [0.05, 0.1) is 11.4 Å². The van der Waals surface area contributed by atoms with Gasteiger partial charge in [-0.2, -0.15) is 0 Å². The van der Waals surface area contributed by atoms with Crippen LogP contribution in [0.3, 0.4) is 0 Å². The molecular weight excluding hydrogens is 208 g/mol. The third-order valence-corrected chi connectivity index (χ3v) is 4.02. The normalized spacial score (nSPS) is 29.1. The molecule has 1 N–H and O–H groups in total. The summed E-state index contributed by atoms with van der Waals surface area (Å²) in [5, 5.41) is 3.69. The molecule has 0 radical (unpaired) electrons. The second kappa shape index (κ2) is 5.07. The zero-order valence-electron chi connectivity index (χ0n) is 11.5. The van der Waals surface area contributed by atoms with E-state index in [2.05, 4.69) is 43.2 Å². The molecular formula is C15H24N2. The first-order valence-corrected chi connectivity index (χ1v) is 6.77. The fraction of sp³-hybridized carbons (Fsp3) is 0.667. The molecule has 0 bridgehead atoms. The monoisotopic (exact) mass is 232 g/mol. The van der Waals surface area contributed by atoms with Crippen LogP contribution in [0, 0.1) is 25.7 Å². The number of anilines is 1. The lowest BCUT2D eigenvalue weighted by Crippen LogP contribution is -2.33. The minimum absolute atomic E-state index is 0.613. The molecule has 1 aromatic rings. The number of pyridine rings is 1. The van der Waals surface area contributed by atoms with Crippen LogP contribution in [0.2, 0.25) is 0 Å². The molecule has 0 saturated heterocycles. The Labute approximate surface area is 105 Å². The van der Waals surface area contributed by atoms with Gasteiger partial charge in [-0.1, -0.05) is 20.3 Å². The van der Waals surface area contributed by atoms with E-state index in [0.29, 0.717) is 6.04 Å². The molecule has 2 nitrogen and oxygen atoms in total. The molecule has 2 heteroatoms. The fourth-order valence-electron chi connectivity index (χ4n) is 2.77. The van der Waals surface area contributed by atoms with Crippen molar-refractivity contribution < 1.29 is 0 Å². The van der Waals surface area contributed by atoms with Gasteiger partial charge in [0.25, 0.3) is 0 Å². The Morgan fingerprint density at radius 1 is 1.18 bits per heavy atom. The van der Waals surface area contributed by atoms with Crippen LogP contribution < -0.4 is 5.32 Å². The Bertz CT molecular complexity index is 387. The van der Waals surface area contributed by atoms with Crippen molar-refractivity contribution in [1.29, 1.82) is 0 Å². The second-order valence-corrected chi connectivity index (χ2v) is 5.73. The summed E-state index contributed by atoms with van der Waals surface area (Å²) in [6.07, 6.45) is 4.01. The third kappa shape index (κ3) is 2.99. The first kappa shape index (κ1) is 12.4. The van der Waals surface area contributed by atoms with Crippen molar-refractivity contribution >= 4 is 5.69 Å². The van der Waals surface area contributed by atoms with Gasteiger partial charge in [-0.05, 0) is 50.7 Å². The molecule has 94 valence electrons. The summed E-state index contributed by atoms with van der Waals surface area (Å²) in [6.45, 7) is 8.86. The van der Waals surface area contributed by atoms with Gasteiger partial charge in [0.2, 0.25) is 0 Å². The fourth-order valence-corrected chi connectivity index (χ4v) is 2.77. The molecule has 3 unspecified atom stereocenters. The number of nitrogens with zero attached hydrogens (tertiary/aromatic N) is 1. The van der Waals surface area contributed by atoms with E-state index in [1.54, 1.807) is 0 Å². The van der Waals surface area contributed by atoms with Gasteiger partial charge < -0.3 is 5.32 Å². The van der Waals surface area contributed by atoms with Gasteiger partial charge in [-0.25, -0.2) is 0 Å². The highest BCUT2D eigenvalue weighted by molar-refractivity contribution is 5.48. The summed E-state index contributed by atoms with van der Waals surface area (Å²) in [7, 11) is 0. The van der Waals surface area contributed by atoms with Gasteiger partial charge >= 0.3 is 0 Å². The van der Waals surface area contributed by atoms with Crippen molar-refractivity contribution in [1.82, 2.24) is 4.98 Å². The number of nitrogens with one attached hydrogen (secondary N) is 1. The van der Waals surface area contributed by atoms with Crippen LogP contribution in [-0.2, 0) is 0 Å². The van der Waals surface area contributed by atoms with Gasteiger partial charge in [0.1, 0.15) is 0 Å². The zero-order chi connectivity index (χ0) is 12.4. The lowest BCUT2D eigenvalue weighted by Gasteiger charge is -2.34.